The number of nitrogens with one attached hydrogen (secondary N) is 2. The van der Waals surface area contributed by atoms with Crippen molar-refractivity contribution in [1.29, 1.82) is 0 Å². The number of ether oxygens (including phenoxy) is 2. The van der Waals surface area contributed by atoms with Crippen molar-refractivity contribution in [2.24, 2.45) is 5.92 Å². The van der Waals surface area contributed by atoms with Crippen LogP contribution in [0, 0.1) is 5.92 Å². The van der Waals surface area contributed by atoms with Crippen molar-refractivity contribution < 1.29 is 27.1 Å². The first-order valence-corrected chi connectivity index (χ1v) is 12.4. The van der Waals surface area contributed by atoms with E-state index in [4.69, 9.17) is 13.9 Å². The van der Waals surface area contributed by atoms with Crippen LogP contribution in [0.25, 0.3) is 11.5 Å². The van der Waals surface area contributed by atoms with Crippen LogP contribution >= 0.6 is 0 Å². The summed E-state index contributed by atoms with van der Waals surface area (Å²) in [5.41, 5.74) is 1.48. The van der Waals surface area contributed by atoms with E-state index < -0.39 is 10.0 Å². The second-order valence-electron chi connectivity index (χ2n) is 8.11. The molecule has 2 N–H and O–H groups in total. The van der Waals surface area contributed by atoms with Gasteiger partial charge in [-0.2, -0.15) is 9.40 Å². The lowest BCUT2D eigenvalue weighted by Crippen LogP contribution is -2.43. The number of methoxy groups -OCH3 is 2. The van der Waals surface area contributed by atoms with Gasteiger partial charge in [-0.25, -0.2) is 8.42 Å². The number of nitrogens with zero attached hydrogens (tertiary/aromatic N) is 2. The standard InChI is InChI=1S/C23H28N4O6S/c1-15(17-4-5-20(31-2)21(14-17)32-3)25-23(28)16-9-12-27(13-10-16)34(29,30)22-7-6-19(33-22)18-8-11-24-26-18/h4-8,11,14-16H,9-10,12-13H2,1-3H3,(H,24,26)(H,25,28)/t15-/m0/s1. The minimum Gasteiger partial charge on any atom is -0.493 e. The van der Waals surface area contributed by atoms with Gasteiger partial charge in [0.2, 0.25) is 11.0 Å². The van der Waals surface area contributed by atoms with Crippen LogP contribution in [0.4, 0.5) is 0 Å². The Kier molecular flexibility index (Phi) is 6.94. The molecular formula is C23H28N4O6S. The maximum Gasteiger partial charge on any atom is 0.276 e. The van der Waals surface area contributed by atoms with Crippen LogP contribution < -0.4 is 14.8 Å². The van der Waals surface area contributed by atoms with Crippen LogP contribution in [-0.4, -0.2) is 56.1 Å². The number of carbonyl (C=O) groups excluding carboxylic acids is 1. The summed E-state index contributed by atoms with van der Waals surface area (Å²) in [7, 11) is -0.655. The van der Waals surface area contributed by atoms with Crippen molar-refractivity contribution in [3.63, 3.8) is 0 Å². The van der Waals surface area contributed by atoms with Crippen molar-refractivity contribution in [2.75, 3.05) is 27.3 Å². The number of amides is 1. The molecule has 0 aliphatic carbocycles. The molecule has 0 bridgehead atoms. The molecule has 0 spiro atoms. The zero-order valence-electron chi connectivity index (χ0n) is 19.3. The van der Waals surface area contributed by atoms with Crippen LogP contribution in [0.5, 0.6) is 11.5 Å². The number of aromatic amines is 1. The number of hydrogen-bond donors (Lipinski definition) is 2. The second-order valence-corrected chi connectivity index (χ2v) is 9.98. The Labute approximate surface area is 198 Å². The van der Waals surface area contributed by atoms with Gasteiger partial charge in [-0.05, 0) is 55.7 Å². The molecule has 1 saturated heterocycles. The summed E-state index contributed by atoms with van der Waals surface area (Å²) in [5, 5.41) is 9.50. The third-order valence-electron chi connectivity index (χ3n) is 6.03. The number of aromatic nitrogens is 2. The molecule has 0 unspecified atom stereocenters. The molecule has 182 valence electrons. The van der Waals surface area contributed by atoms with Gasteiger partial charge in [0, 0.05) is 25.2 Å². The first-order chi connectivity index (χ1) is 16.3. The lowest BCUT2D eigenvalue weighted by molar-refractivity contribution is -0.126. The molecule has 1 fully saturated rings. The molecule has 1 aromatic carbocycles. The lowest BCUT2D eigenvalue weighted by atomic mass is 9.96. The number of carbonyl (C=O) groups is 1. The molecule has 10 nitrogen and oxygen atoms in total. The Hall–Kier alpha value is -3.31. The highest BCUT2D eigenvalue weighted by molar-refractivity contribution is 7.89. The van der Waals surface area contributed by atoms with E-state index in [-0.39, 0.29) is 36.0 Å². The predicted molar refractivity (Wildman–Crippen MR) is 124 cm³/mol. The summed E-state index contributed by atoms with van der Waals surface area (Å²) in [6, 6.07) is 10.0. The predicted octanol–water partition coefficient (Wildman–Crippen LogP) is 2.97. The van der Waals surface area contributed by atoms with Gasteiger partial charge in [-0.3, -0.25) is 9.89 Å². The molecule has 1 atom stereocenters. The van der Waals surface area contributed by atoms with E-state index in [0.29, 0.717) is 35.8 Å². The second kappa shape index (κ2) is 9.90. The van der Waals surface area contributed by atoms with Gasteiger partial charge in [0.15, 0.2) is 17.3 Å². The summed E-state index contributed by atoms with van der Waals surface area (Å²) < 4.78 is 43.5. The number of rotatable bonds is 8. The highest BCUT2D eigenvalue weighted by atomic mass is 32.2. The molecule has 3 heterocycles. The van der Waals surface area contributed by atoms with Crippen molar-refractivity contribution >= 4 is 15.9 Å². The summed E-state index contributed by atoms with van der Waals surface area (Å²) in [6.07, 6.45) is 2.42. The van der Waals surface area contributed by atoms with E-state index >= 15 is 0 Å². The molecule has 4 rings (SSSR count). The normalized spacial score (nSPS) is 16.2. The third-order valence-corrected chi connectivity index (χ3v) is 7.81. The van der Waals surface area contributed by atoms with Gasteiger partial charge in [0.05, 0.1) is 20.3 Å². The van der Waals surface area contributed by atoms with Crippen molar-refractivity contribution in [3.05, 3.63) is 48.2 Å². The molecule has 3 aromatic rings. The molecule has 0 radical (unpaired) electrons. The summed E-state index contributed by atoms with van der Waals surface area (Å²) >= 11 is 0. The monoisotopic (exact) mass is 488 g/mol. The Morgan fingerprint density at radius 1 is 1.15 bits per heavy atom. The fourth-order valence-corrected chi connectivity index (χ4v) is 5.40. The molecule has 1 amide bonds. The van der Waals surface area contributed by atoms with E-state index in [1.165, 1.54) is 10.4 Å². The van der Waals surface area contributed by atoms with Crippen LogP contribution in [0.15, 0.2) is 52.1 Å². The van der Waals surface area contributed by atoms with Crippen LogP contribution in [-0.2, 0) is 14.8 Å². The maximum atomic E-state index is 13.0. The minimum absolute atomic E-state index is 0.0983. The molecule has 0 saturated carbocycles. The van der Waals surface area contributed by atoms with Crippen molar-refractivity contribution in [2.45, 2.75) is 30.9 Å². The first kappa shape index (κ1) is 23.8. The zero-order valence-corrected chi connectivity index (χ0v) is 20.1. The van der Waals surface area contributed by atoms with E-state index in [1.54, 1.807) is 38.6 Å². The Morgan fingerprint density at radius 3 is 2.53 bits per heavy atom. The van der Waals surface area contributed by atoms with Gasteiger partial charge in [0.25, 0.3) is 10.0 Å². The highest BCUT2D eigenvalue weighted by Crippen LogP contribution is 2.31. The topological polar surface area (TPSA) is 127 Å². The largest absolute Gasteiger partial charge is 0.493 e. The van der Waals surface area contributed by atoms with Gasteiger partial charge in [-0.15, -0.1) is 0 Å². The molecule has 34 heavy (non-hydrogen) atoms. The fraction of sp³-hybridized carbons (Fsp3) is 0.391. The lowest BCUT2D eigenvalue weighted by Gasteiger charge is -2.30. The highest BCUT2D eigenvalue weighted by Gasteiger charge is 2.34. The molecule has 2 aromatic heterocycles. The van der Waals surface area contributed by atoms with Crippen molar-refractivity contribution in [1.82, 2.24) is 19.8 Å². The first-order valence-electron chi connectivity index (χ1n) is 11.0. The summed E-state index contributed by atoms with van der Waals surface area (Å²) in [4.78, 5) is 12.9. The molecule has 1 aliphatic heterocycles. The fourth-order valence-electron chi connectivity index (χ4n) is 4.02. The maximum absolute atomic E-state index is 13.0. The quantitative estimate of drug-likeness (QED) is 0.499. The number of benzene rings is 1. The number of hydrogen-bond acceptors (Lipinski definition) is 7. The number of piperidine rings is 1. The SMILES string of the molecule is COc1ccc([C@H](C)NC(=O)C2CCN(S(=O)(=O)c3ccc(-c4ccn[nH]4)o3)CC2)cc1OC. The van der Waals surface area contributed by atoms with Gasteiger partial charge >= 0.3 is 0 Å². The average molecular weight is 489 g/mol. The third kappa shape index (κ3) is 4.80. The number of furan rings is 1. The van der Waals surface area contributed by atoms with E-state index in [1.807, 2.05) is 19.1 Å². The van der Waals surface area contributed by atoms with E-state index in [9.17, 15) is 13.2 Å². The molecular weight excluding hydrogens is 460 g/mol. The summed E-state index contributed by atoms with van der Waals surface area (Å²) in [5.74, 6) is 1.24. The Balaban J connectivity index is 1.35. The smallest absolute Gasteiger partial charge is 0.276 e. The van der Waals surface area contributed by atoms with E-state index in [0.717, 1.165) is 5.56 Å². The zero-order chi connectivity index (χ0) is 24.3. The minimum atomic E-state index is -3.79. The molecule has 1 aliphatic rings. The van der Waals surface area contributed by atoms with Crippen LogP contribution in [0.1, 0.15) is 31.4 Å². The van der Waals surface area contributed by atoms with Crippen LogP contribution in [0.2, 0.25) is 0 Å². The Bertz CT molecular complexity index is 1230. The van der Waals surface area contributed by atoms with Gasteiger partial charge in [-0.1, -0.05) is 6.07 Å². The van der Waals surface area contributed by atoms with Gasteiger partial charge < -0.3 is 19.2 Å². The average Bonchev–Trinajstić information content (AvgIpc) is 3.56. The number of sulfonamides is 1. The Morgan fingerprint density at radius 2 is 1.88 bits per heavy atom. The van der Waals surface area contributed by atoms with Gasteiger partial charge in [0.1, 0.15) is 5.69 Å². The molecule has 11 heteroatoms. The van der Waals surface area contributed by atoms with Crippen LogP contribution in [0.3, 0.4) is 0 Å². The number of H-pyrrole nitrogens is 1. The van der Waals surface area contributed by atoms with E-state index in [2.05, 4.69) is 15.5 Å². The summed E-state index contributed by atoms with van der Waals surface area (Å²) in [6.45, 7) is 2.38. The van der Waals surface area contributed by atoms with Crippen molar-refractivity contribution in [3.8, 4) is 23.0 Å².